The van der Waals surface area contributed by atoms with E-state index in [1.165, 1.54) is 4.90 Å². The van der Waals surface area contributed by atoms with Gasteiger partial charge in [-0.1, -0.05) is 50.1 Å². The van der Waals surface area contributed by atoms with Gasteiger partial charge in [-0.15, -0.1) is 0 Å². The second kappa shape index (κ2) is 8.57. The van der Waals surface area contributed by atoms with Crippen LogP contribution >= 0.6 is 0 Å². The Morgan fingerprint density at radius 2 is 1.82 bits per heavy atom. The maximum absolute atomic E-state index is 13.2. The average Bonchev–Trinajstić information content (AvgIpc) is 2.98. The van der Waals surface area contributed by atoms with Gasteiger partial charge in [0.05, 0.1) is 18.2 Å². The number of carbonyl (C=O) groups is 2. The highest BCUT2D eigenvalue weighted by atomic mass is 16.5. The van der Waals surface area contributed by atoms with Crippen molar-refractivity contribution in [3.8, 4) is 11.8 Å². The van der Waals surface area contributed by atoms with E-state index in [1.807, 2.05) is 36.4 Å². The molecule has 0 bridgehead atoms. The van der Waals surface area contributed by atoms with Gasteiger partial charge in [0.25, 0.3) is 5.91 Å². The van der Waals surface area contributed by atoms with Crippen molar-refractivity contribution in [3.05, 3.63) is 65.7 Å². The molecule has 144 valence electrons. The first-order valence-corrected chi connectivity index (χ1v) is 9.43. The summed E-state index contributed by atoms with van der Waals surface area (Å²) in [5.41, 5.74) is 0.338. The third-order valence-electron chi connectivity index (χ3n) is 4.91. The Morgan fingerprint density at radius 1 is 1.11 bits per heavy atom. The summed E-state index contributed by atoms with van der Waals surface area (Å²) >= 11 is 0. The predicted octanol–water partition coefficient (Wildman–Crippen LogP) is 3.57. The van der Waals surface area contributed by atoms with Gasteiger partial charge in [0.1, 0.15) is 17.9 Å². The zero-order valence-corrected chi connectivity index (χ0v) is 15.9. The minimum atomic E-state index is -1.01. The number of amides is 3. The van der Waals surface area contributed by atoms with Gasteiger partial charge in [0.2, 0.25) is 0 Å². The summed E-state index contributed by atoms with van der Waals surface area (Å²) in [6, 6.07) is 17.8. The summed E-state index contributed by atoms with van der Waals surface area (Å²) in [6.45, 7) is 2.40. The van der Waals surface area contributed by atoms with Gasteiger partial charge in [0, 0.05) is 0 Å². The molecular formula is C22H23N3O3. The van der Waals surface area contributed by atoms with Crippen LogP contribution in [0, 0.1) is 11.3 Å². The van der Waals surface area contributed by atoms with Crippen LogP contribution < -0.4 is 10.1 Å². The third-order valence-corrected chi connectivity index (χ3v) is 4.91. The molecule has 2 aromatic rings. The summed E-state index contributed by atoms with van der Waals surface area (Å²) in [5.74, 6) is 0.354. The fourth-order valence-corrected chi connectivity index (χ4v) is 3.38. The van der Waals surface area contributed by atoms with E-state index in [4.69, 9.17) is 10.00 Å². The Kier molecular flexibility index (Phi) is 5.95. The maximum atomic E-state index is 13.2. The predicted molar refractivity (Wildman–Crippen MR) is 105 cm³/mol. The molecule has 1 N–H and O–H groups in total. The van der Waals surface area contributed by atoms with Crippen molar-refractivity contribution in [2.75, 3.05) is 13.2 Å². The first kappa shape index (κ1) is 19.4. The van der Waals surface area contributed by atoms with Crippen molar-refractivity contribution in [2.45, 2.75) is 31.7 Å². The Hall–Kier alpha value is -3.33. The van der Waals surface area contributed by atoms with Crippen LogP contribution in [0.2, 0.25) is 0 Å². The first-order chi connectivity index (χ1) is 13.6. The fraction of sp³-hybridized carbons (Fsp3) is 0.318. The van der Waals surface area contributed by atoms with E-state index in [-0.39, 0.29) is 19.1 Å². The number of imide groups is 1. The Bertz CT molecular complexity index is 874. The molecule has 3 amide bonds. The number of rotatable bonds is 8. The molecule has 6 nitrogen and oxygen atoms in total. The minimum Gasteiger partial charge on any atom is -0.492 e. The number of nitriles is 1. The highest BCUT2D eigenvalue weighted by molar-refractivity contribution is 6.07. The number of unbranched alkanes of at least 4 members (excludes halogenated alkanes) is 1. The molecule has 3 rings (SSSR count). The van der Waals surface area contributed by atoms with Crippen molar-refractivity contribution in [2.24, 2.45) is 0 Å². The third kappa shape index (κ3) is 3.84. The second-order valence-electron chi connectivity index (χ2n) is 6.75. The van der Waals surface area contributed by atoms with Gasteiger partial charge in [0.15, 0.2) is 0 Å². The van der Waals surface area contributed by atoms with Crippen LogP contribution in [0.1, 0.15) is 37.3 Å². The van der Waals surface area contributed by atoms with Crippen LogP contribution in [0.15, 0.2) is 54.6 Å². The van der Waals surface area contributed by atoms with E-state index in [0.29, 0.717) is 17.7 Å². The van der Waals surface area contributed by atoms with Gasteiger partial charge in [-0.3, -0.25) is 9.69 Å². The summed E-state index contributed by atoms with van der Waals surface area (Å²) in [7, 11) is 0. The van der Waals surface area contributed by atoms with Crippen LogP contribution in [-0.2, 0) is 10.3 Å². The van der Waals surface area contributed by atoms with Crippen LogP contribution in [-0.4, -0.2) is 30.0 Å². The quantitative estimate of drug-likeness (QED) is 0.713. The van der Waals surface area contributed by atoms with Gasteiger partial charge in [-0.2, -0.15) is 5.26 Å². The number of hydrogen-bond acceptors (Lipinski definition) is 4. The molecule has 0 aliphatic carbocycles. The first-order valence-electron chi connectivity index (χ1n) is 9.43. The van der Waals surface area contributed by atoms with E-state index in [2.05, 4.69) is 12.2 Å². The number of urea groups is 1. The molecule has 1 heterocycles. The lowest BCUT2D eigenvalue weighted by molar-refractivity contribution is -0.132. The van der Waals surface area contributed by atoms with Crippen LogP contribution in [0.3, 0.4) is 0 Å². The Morgan fingerprint density at radius 3 is 2.46 bits per heavy atom. The van der Waals surface area contributed by atoms with E-state index in [0.717, 1.165) is 18.4 Å². The Balaban J connectivity index is 1.71. The lowest BCUT2D eigenvalue weighted by Gasteiger charge is -2.27. The number of ether oxygens (including phenoxy) is 1. The summed E-state index contributed by atoms with van der Waals surface area (Å²) < 4.78 is 5.64. The molecule has 1 saturated heterocycles. The molecule has 1 unspecified atom stereocenters. The second-order valence-corrected chi connectivity index (χ2v) is 6.75. The highest BCUT2D eigenvalue weighted by Crippen LogP contribution is 2.34. The smallest absolute Gasteiger partial charge is 0.325 e. The van der Waals surface area contributed by atoms with Crippen molar-refractivity contribution < 1.29 is 14.3 Å². The lowest BCUT2D eigenvalue weighted by atomic mass is 9.85. The fourth-order valence-electron chi connectivity index (χ4n) is 3.38. The molecule has 28 heavy (non-hydrogen) atoms. The van der Waals surface area contributed by atoms with Crippen molar-refractivity contribution in [1.29, 1.82) is 5.26 Å². The topological polar surface area (TPSA) is 82.4 Å². The molecule has 2 aromatic carbocycles. The van der Waals surface area contributed by atoms with Gasteiger partial charge < -0.3 is 10.1 Å². The van der Waals surface area contributed by atoms with Crippen molar-refractivity contribution >= 4 is 11.9 Å². The molecule has 1 aliphatic rings. The van der Waals surface area contributed by atoms with E-state index >= 15 is 0 Å². The average molecular weight is 377 g/mol. The molecule has 0 spiro atoms. The van der Waals surface area contributed by atoms with Crippen LogP contribution in [0.25, 0.3) is 0 Å². The molecule has 1 atom stereocenters. The minimum absolute atomic E-state index is 0.158. The molecule has 1 aliphatic heterocycles. The number of nitrogens with zero attached hydrogens (tertiary/aromatic N) is 2. The van der Waals surface area contributed by atoms with E-state index in [1.54, 1.807) is 24.3 Å². The standard InChI is InChI=1S/C22H23N3O3/c1-2-3-13-22(18-7-5-4-6-8-18)20(26)25(21(27)24-22)14-15-28-19-11-9-17(16-23)10-12-19/h4-12H,2-3,13-15H2,1H3,(H,24,27). The zero-order valence-electron chi connectivity index (χ0n) is 15.9. The number of nitrogens with one attached hydrogen (secondary N) is 1. The molecule has 0 aromatic heterocycles. The zero-order chi connectivity index (χ0) is 20.0. The SMILES string of the molecule is CCCCC1(c2ccccc2)NC(=O)N(CCOc2ccc(C#N)cc2)C1=O. The normalized spacial score (nSPS) is 18.6. The van der Waals surface area contributed by atoms with E-state index in [9.17, 15) is 9.59 Å². The van der Waals surface area contributed by atoms with Gasteiger partial charge >= 0.3 is 6.03 Å². The maximum Gasteiger partial charge on any atom is 0.325 e. The van der Waals surface area contributed by atoms with Crippen LogP contribution in [0.4, 0.5) is 4.79 Å². The molecule has 1 fully saturated rings. The van der Waals surface area contributed by atoms with Gasteiger partial charge in [-0.05, 0) is 36.2 Å². The Labute approximate surface area is 164 Å². The summed E-state index contributed by atoms with van der Waals surface area (Å²) in [6.07, 6.45) is 2.32. The number of benzene rings is 2. The molecular weight excluding hydrogens is 354 g/mol. The van der Waals surface area contributed by atoms with Crippen molar-refractivity contribution in [1.82, 2.24) is 10.2 Å². The number of carbonyl (C=O) groups excluding carboxylic acids is 2. The summed E-state index contributed by atoms with van der Waals surface area (Å²) in [5, 5.41) is 11.8. The highest BCUT2D eigenvalue weighted by Gasteiger charge is 2.51. The monoisotopic (exact) mass is 377 g/mol. The number of hydrogen-bond donors (Lipinski definition) is 1. The van der Waals surface area contributed by atoms with E-state index < -0.39 is 11.6 Å². The van der Waals surface area contributed by atoms with Crippen molar-refractivity contribution in [3.63, 3.8) is 0 Å². The summed E-state index contributed by atoms with van der Waals surface area (Å²) in [4.78, 5) is 27.0. The van der Waals surface area contributed by atoms with Gasteiger partial charge in [-0.25, -0.2) is 4.79 Å². The lowest BCUT2D eigenvalue weighted by Crippen LogP contribution is -2.44. The molecule has 6 heteroatoms. The largest absolute Gasteiger partial charge is 0.492 e. The van der Waals surface area contributed by atoms with Crippen LogP contribution in [0.5, 0.6) is 5.75 Å². The molecule has 0 radical (unpaired) electrons. The molecule has 0 saturated carbocycles.